The standard InChI is InChI=1S/C21H30N4O3S/c1-6-14(3)25(15(4)7-2)19(26)13-29-21-23-22-20(24(21)5)18-12-27-16-10-8-9-11-17(16)28-18/h8-11,14-15,18H,6-7,12-13H2,1-5H3. The molecular formula is C21H30N4O3S. The van der Waals surface area contributed by atoms with Gasteiger partial charge in [-0.05, 0) is 38.8 Å². The molecule has 0 saturated heterocycles. The summed E-state index contributed by atoms with van der Waals surface area (Å²) in [5, 5.41) is 9.28. The summed E-state index contributed by atoms with van der Waals surface area (Å²) in [5.74, 6) is 2.60. The van der Waals surface area contributed by atoms with Crippen molar-refractivity contribution >= 4 is 17.7 Å². The van der Waals surface area contributed by atoms with Crippen LogP contribution in [0.15, 0.2) is 29.4 Å². The number of carbonyl (C=O) groups is 1. The molecule has 3 unspecified atom stereocenters. The second-order valence-electron chi connectivity index (χ2n) is 7.37. The van der Waals surface area contributed by atoms with Crippen molar-refractivity contribution in [3.63, 3.8) is 0 Å². The van der Waals surface area contributed by atoms with Crippen LogP contribution in [0.1, 0.15) is 52.5 Å². The molecule has 2 aromatic rings. The summed E-state index contributed by atoms with van der Waals surface area (Å²) in [6, 6.07) is 8.04. The average Bonchev–Trinajstić information content (AvgIpc) is 3.11. The molecule has 1 amide bonds. The highest BCUT2D eigenvalue weighted by Gasteiger charge is 2.28. The first-order valence-electron chi connectivity index (χ1n) is 10.2. The Morgan fingerprint density at radius 1 is 1.21 bits per heavy atom. The Hall–Kier alpha value is -2.22. The Morgan fingerprint density at radius 3 is 2.52 bits per heavy atom. The van der Waals surface area contributed by atoms with Gasteiger partial charge in [0.25, 0.3) is 0 Å². The fourth-order valence-electron chi connectivity index (χ4n) is 3.40. The fourth-order valence-corrected chi connectivity index (χ4v) is 4.19. The smallest absolute Gasteiger partial charge is 0.233 e. The van der Waals surface area contributed by atoms with Crippen LogP contribution in [0.2, 0.25) is 0 Å². The first-order chi connectivity index (χ1) is 14.0. The summed E-state index contributed by atoms with van der Waals surface area (Å²) in [6.07, 6.45) is 1.55. The molecule has 1 aromatic carbocycles. The highest BCUT2D eigenvalue weighted by molar-refractivity contribution is 7.99. The minimum Gasteiger partial charge on any atom is -0.485 e. The van der Waals surface area contributed by atoms with Crippen LogP contribution in [0.4, 0.5) is 0 Å². The van der Waals surface area contributed by atoms with E-state index < -0.39 is 0 Å². The summed E-state index contributed by atoms with van der Waals surface area (Å²) >= 11 is 1.41. The van der Waals surface area contributed by atoms with Crippen molar-refractivity contribution < 1.29 is 14.3 Å². The van der Waals surface area contributed by atoms with Crippen molar-refractivity contribution in [2.24, 2.45) is 7.05 Å². The van der Waals surface area contributed by atoms with Gasteiger partial charge in [0.2, 0.25) is 5.91 Å². The van der Waals surface area contributed by atoms with Gasteiger partial charge in [-0.3, -0.25) is 4.79 Å². The molecule has 158 valence electrons. The first-order valence-corrected chi connectivity index (χ1v) is 11.2. The van der Waals surface area contributed by atoms with E-state index in [1.807, 2.05) is 40.8 Å². The third-order valence-electron chi connectivity index (χ3n) is 5.41. The Bertz CT molecular complexity index is 831. The molecule has 0 fully saturated rings. The van der Waals surface area contributed by atoms with E-state index in [0.717, 1.165) is 18.6 Å². The van der Waals surface area contributed by atoms with E-state index in [4.69, 9.17) is 9.47 Å². The highest BCUT2D eigenvalue weighted by atomic mass is 32.2. The van der Waals surface area contributed by atoms with Crippen molar-refractivity contribution in [3.8, 4) is 11.5 Å². The fraction of sp³-hybridized carbons (Fsp3) is 0.571. The molecule has 3 rings (SSSR count). The first kappa shape index (κ1) is 21.5. The number of ether oxygens (including phenoxy) is 2. The highest BCUT2D eigenvalue weighted by Crippen LogP contribution is 2.35. The largest absolute Gasteiger partial charge is 0.485 e. The van der Waals surface area contributed by atoms with Crippen LogP contribution in [0, 0.1) is 0 Å². The molecular weight excluding hydrogens is 388 g/mol. The number of carbonyl (C=O) groups excluding carboxylic acids is 1. The van der Waals surface area contributed by atoms with Gasteiger partial charge in [-0.15, -0.1) is 10.2 Å². The van der Waals surface area contributed by atoms with E-state index in [1.54, 1.807) is 0 Å². The lowest BCUT2D eigenvalue weighted by atomic mass is 10.1. The van der Waals surface area contributed by atoms with Gasteiger partial charge >= 0.3 is 0 Å². The monoisotopic (exact) mass is 418 g/mol. The predicted octanol–water partition coefficient (Wildman–Crippen LogP) is 3.85. The van der Waals surface area contributed by atoms with Gasteiger partial charge in [0.1, 0.15) is 6.61 Å². The molecule has 29 heavy (non-hydrogen) atoms. The molecule has 0 aliphatic carbocycles. The van der Waals surface area contributed by atoms with Gasteiger partial charge in [-0.2, -0.15) is 0 Å². The molecule has 8 heteroatoms. The normalized spacial score (nSPS) is 17.6. The third-order valence-corrected chi connectivity index (χ3v) is 6.41. The molecule has 3 atom stereocenters. The van der Waals surface area contributed by atoms with Crippen LogP contribution in [0.3, 0.4) is 0 Å². The Kier molecular flexibility index (Phi) is 7.05. The number of benzene rings is 1. The number of rotatable bonds is 8. The molecule has 0 bridgehead atoms. The minimum absolute atomic E-state index is 0.134. The van der Waals surface area contributed by atoms with Gasteiger partial charge in [0.05, 0.1) is 5.75 Å². The maximum Gasteiger partial charge on any atom is 0.233 e. The Morgan fingerprint density at radius 2 is 1.86 bits per heavy atom. The van der Waals surface area contributed by atoms with Gasteiger partial charge in [-0.1, -0.05) is 37.7 Å². The van der Waals surface area contributed by atoms with E-state index in [1.165, 1.54) is 11.8 Å². The summed E-state index contributed by atoms with van der Waals surface area (Å²) in [6.45, 7) is 8.81. The molecule has 2 heterocycles. The summed E-state index contributed by atoms with van der Waals surface area (Å²) < 4.78 is 13.7. The topological polar surface area (TPSA) is 69.5 Å². The average molecular weight is 419 g/mol. The maximum atomic E-state index is 12.9. The number of nitrogens with zero attached hydrogens (tertiary/aromatic N) is 4. The van der Waals surface area contributed by atoms with Crippen LogP contribution >= 0.6 is 11.8 Å². The van der Waals surface area contributed by atoms with Crippen LogP contribution in [-0.4, -0.2) is 50.0 Å². The molecule has 1 aromatic heterocycles. The molecule has 7 nitrogen and oxygen atoms in total. The van der Waals surface area contributed by atoms with Crippen molar-refractivity contribution in [2.45, 2.75) is 63.9 Å². The number of hydrogen-bond donors (Lipinski definition) is 0. The van der Waals surface area contributed by atoms with Crippen molar-refractivity contribution in [1.29, 1.82) is 0 Å². The van der Waals surface area contributed by atoms with Crippen molar-refractivity contribution in [1.82, 2.24) is 19.7 Å². The van der Waals surface area contributed by atoms with E-state index in [-0.39, 0.29) is 24.1 Å². The van der Waals surface area contributed by atoms with Crippen LogP contribution in [0.25, 0.3) is 0 Å². The molecule has 0 spiro atoms. The number of para-hydroxylation sites is 2. The van der Waals surface area contributed by atoms with Crippen molar-refractivity contribution in [3.05, 3.63) is 30.1 Å². The van der Waals surface area contributed by atoms with E-state index in [2.05, 4.69) is 37.9 Å². The predicted molar refractivity (Wildman–Crippen MR) is 113 cm³/mol. The molecule has 1 aliphatic heterocycles. The third kappa shape index (κ3) is 4.69. The van der Waals surface area contributed by atoms with Crippen LogP contribution in [0.5, 0.6) is 11.5 Å². The molecule has 0 N–H and O–H groups in total. The van der Waals surface area contributed by atoms with E-state index >= 15 is 0 Å². The lowest BCUT2D eigenvalue weighted by Gasteiger charge is -2.34. The number of fused-ring (bicyclic) bond motifs is 1. The lowest BCUT2D eigenvalue weighted by molar-refractivity contribution is -0.132. The number of aromatic nitrogens is 3. The zero-order valence-corrected chi connectivity index (χ0v) is 18.6. The Labute approximate surface area is 176 Å². The van der Waals surface area contributed by atoms with Gasteiger partial charge < -0.3 is 18.9 Å². The summed E-state index contributed by atoms with van der Waals surface area (Å²) in [4.78, 5) is 14.9. The molecule has 0 saturated carbocycles. The Balaban J connectivity index is 1.66. The molecule has 1 aliphatic rings. The van der Waals surface area contributed by atoms with Crippen LogP contribution < -0.4 is 9.47 Å². The number of thioether (sulfide) groups is 1. The number of hydrogen-bond acceptors (Lipinski definition) is 6. The van der Waals surface area contributed by atoms with Crippen molar-refractivity contribution in [2.75, 3.05) is 12.4 Å². The second-order valence-corrected chi connectivity index (χ2v) is 8.31. The zero-order chi connectivity index (χ0) is 21.0. The maximum absolute atomic E-state index is 12.9. The van der Waals surface area contributed by atoms with E-state index in [9.17, 15) is 4.79 Å². The number of amides is 1. The summed E-state index contributed by atoms with van der Waals surface area (Å²) in [7, 11) is 1.90. The molecule has 0 radical (unpaired) electrons. The minimum atomic E-state index is -0.329. The van der Waals surface area contributed by atoms with E-state index in [0.29, 0.717) is 29.1 Å². The summed E-state index contributed by atoms with van der Waals surface area (Å²) in [5.41, 5.74) is 0. The zero-order valence-electron chi connectivity index (χ0n) is 17.8. The van der Waals surface area contributed by atoms with Crippen LogP contribution in [-0.2, 0) is 11.8 Å². The SMILES string of the molecule is CCC(C)N(C(=O)CSc1nnc(C2COc3ccccc3O2)n1C)C(C)CC. The van der Waals surface area contributed by atoms with Gasteiger partial charge in [0.15, 0.2) is 28.6 Å². The van der Waals surface area contributed by atoms with Gasteiger partial charge in [-0.25, -0.2) is 0 Å². The lowest BCUT2D eigenvalue weighted by Crippen LogP contribution is -2.45. The quantitative estimate of drug-likeness (QED) is 0.607. The van der Waals surface area contributed by atoms with Gasteiger partial charge in [0, 0.05) is 19.1 Å². The second kappa shape index (κ2) is 9.52.